The van der Waals surface area contributed by atoms with Gasteiger partial charge in [0, 0.05) is 0 Å². The third kappa shape index (κ3) is 3.20. The summed E-state index contributed by atoms with van der Waals surface area (Å²) < 4.78 is 0. The highest BCUT2D eigenvalue weighted by Crippen LogP contribution is 1.70. The van der Waals surface area contributed by atoms with Gasteiger partial charge in [0.2, 0.25) is 0 Å². The Kier molecular flexibility index (Phi) is 5.72. The average Bonchev–Trinajstić information content (AvgIpc) is 2.13. The van der Waals surface area contributed by atoms with Crippen molar-refractivity contribution in [2.45, 2.75) is 13.8 Å². The van der Waals surface area contributed by atoms with E-state index < -0.39 is 0 Å². The van der Waals surface area contributed by atoms with E-state index in [1.165, 1.54) is 0 Å². The van der Waals surface area contributed by atoms with Crippen molar-refractivity contribution in [1.82, 2.24) is 0 Å². The highest BCUT2D eigenvalue weighted by Gasteiger charge is 1.75. The molecule has 0 saturated carbocycles. The zero-order valence-corrected chi connectivity index (χ0v) is 7.88. The molecule has 0 nitrogen and oxygen atoms in total. The minimum absolute atomic E-state index is 1.04. The first-order valence-corrected chi connectivity index (χ1v) is 4.21. The molecule has 0 aliphatic rings. The van der Waals surface area contributed by atoms with Crippen LogP contribution in [0.4, 0.5) is 0 Å². The van der Waals surface area contributed by atoms with Crippen molar-refractivity contribution in [2.75, 3.05) is 0 Å². The van der Waals surface area contributed by atoms with Crippen molar-refractivity contribution in [3.63, 3.8) is 0 Å². The molecule has 1 aromatic carbocycles. The van der Waals surface area contributed by atoms with Crippen molar-refractivity contribution in [3.05, 3.63) is 47.4 Å². The minimum Gasteiger partial charge on any atom is -0.0990 e. The van der Waals surface area contributed by atoms with Crippen LogP contribution in [0.2, 0.25) is 0 Å². The smallest absolute Gasteiger partial charge is 0.0190 e. The zero-order valence-electron chi connectivity index (χ0n) is 7.88. The molecule has 0 atom stereocenters. The molecule has 0 aliphatic heterocycles. The van der Waals surface area contributed by atoms with E-state index in [9.17, 15) is 0 Å². The molecule has 0 aliphatic carbocycles. The van der Waals surface area contributed by atoms with Gasteiger partial charge >= 0.3 is 0 Å². The van der Waals surface area contributed by atoms with Crippen LogP contribution in [0.5, 0.6) is 0 Å². The maximum absolute atomic E-state index is 3.86. The van der Waals surface area contributed by atoms with Crippen LogP contribution in [0, 0.1) is 0 Å². The number of rotatable bonds is 1. The van der Waals surface area contributed by atoms with Crippen molar-refractivity contribution >= 4 is 12.7 Å². The molecule has 0 aromatic heterocycles. The van der Waals surface area contributed by atoms with Crippen LogP contribution in [-0.2, 0) is 0 Å². The van der Waals surface area contributed by atoms with E-state index in [1.807, 2.05) is 44.2 Å². The molecule has 64 valence electrons. The summed E-state index contributed by atoms with van der Waals surface area (Å²) in [5.74, 6) is 0. The Hall–Kier alpha value is -1.30. The first kappa shape index (κ1) is 10.7. The molecule has 0 fully saturated rings. The number of hydrogen-bond acceptors (Lipinski definition) is 0. The Morgan fingerprint density at radius 1 is 1.17 bits per heavy atom. The molecule has 0 radical (unpaired) electrons. The summed E-state index contributed by atoms with van der Waals surface area (Å²) in [6.07, 6.45) is 3.71. The molecule has 0 heteroatoms. The standard InChI is InChI=1S/C10H10.C2H6/c1-3-6-10-8-5-4-7-9(10)2;1-2/h3-8H,1-2H2;1-2H3/b10-6-;. The molecule has 0 saturated heterocycles. The SMILES string of the molecule is C=C/C=c1/ccccc1=C.CC. The molecule has 1 rings (SSSR count). The maximum Gasteiger partial charge on any atom is -0.0190 e. The molecule has 0 spiro atoms. The second-order valence-corrected chi connectivity index (χ2v) is 2.10. The summed E-state index contributed by atoms with van der Waals surface area (Å²) in [6, 6.07) is 7.96. The van der Waals surface area contributed by atoms with Crippen LogP contribution in [0.15, 0.2) is 36.9 Å². The summed E-state index contributed by atoms with van der Waals surface area (Å²) in [7, 11) is 0. The zero-order chi connectivity index (χ0) is 9.40. The fraction of sp³-hybridized carbons (Fsp3) is 0.167. The third-order valence-electron chi connectivity index (χ3n) is 1.35. The van der Waals surface area contributed by atoms with Gasteiger partial charge in [-0.2, -0.15) is 0 Å². The van der Waals surface area contributed by atoms with E-state index in [4.69, 9.17) is 0 Å². The summed E-state index contributed by atoms with van der Waals surface area (Å²) in [5, 5.41) is 2.18. The lowest BCUT2D eigenvalue weighted by Gasteiger charge is -1.83. The van der Waals surface area contributed by atoms with Crippen LogP contribution in [0.1, 0.15) is 13.8 Å². The molecule has 12 heavy (non-hydrogen) atoms. The lowest BCUT2D eigenvalue weighted by molar-refractivity contribution is 1.50. The van der Waals surface area contributed by atoms with Crippen LogP contribution in [0.25, 0.3) is 12.7 Å². The normalized spacial score (nSPS) is 10.0. The quantitative estimate of drug-likeness (QED) is 0.590. The van der Waals surface area contributed by atoms with Gasteiger partial charge in [-0.25, -0.2) is 0 Å². The number of benzene rings is 1. The largest absolute Gasteiger partial charge is 0.0990 e. The van der Waals surface area contributed by atoms with Gasteiger partial charge in [-0.05, 0) is 10.4 Å². The fourth-order valence-corrected chi connectivity index (χ4v) is 0.824. The second kappa shape index (κ2) is 6.41. The fourth-order valence-electron chi connectivity index (χ4n) is 0.824. The molecular weight excluding hydrogens is 144 g/mol. The molecule has 0 N–H and O–H groups in total. The van der Waals surface area contributed by atoms with E-state index in [0.29, 0.717) is 0 Å². The predicted molar refractivity (Wildman–Crippen MR) is 57.2 cm³/mol. The Labute approximate surface area is 74.6 Å². The molecule has 0 unspecified atom stereocenters. The van der Waals surface area contributed by atoms with Crippen molar-refractivity contribution in [3.8, 4) is 0 Å². The molecule has 1 aromatic rings. The number of allylic oxidation sites excluding steroid dienone is 1. The van der Waals surface area contributed by atoms with E-state index >= 15 is 0 Å². The molecular formula is C12H16. The lowest BCUT2D eigenvalue weighted by atomic mass is 10.2. The van der Waals surface area contributed by atoms with Crippen LogP contribution < -0.4 is 10.4 Å². The first-order valence-electron chi connectivity index (χ1n) is 4.21. The van der Waals surface area contributed by atoms with E-state index in [2.05, 4.69) is 13.2 Å². The van der Waals surface area contributed by atoms with Crippen LogP contribution in [0.3, 0.4) is 0 Å². The van der Waals surface area contributed by atoms with Gasteiger partial charge in [0.25, 0.3) is 0 Å². The summed E-state index contributed by atoms with van der Waals surface area (Å²) in [5.41, 5.74) is 0. The Morgan fingerprint density at radius 2 is 1.75 bits per heavy atom. The third-order valence-corrected chi connectivity index (χ3v) is 1.35. The topological polar surface area (TPSA) is 0 Å². The van der Waals surface area contributed by atoms with Gasteiger partial charge in [0.05, 0.1) is 0 Å². The summed E-state index contributed by atoms with van der Waals surface area (Å²) >= 11 is 0. The molecule has 0 bridgehead atoms. The van der Waals surface area contributed by atoms with Crippen LogP contribution >= 0.6 is 0 Å². The van der Waals surface area contributed by atoms with Gasteiger partial charge in [0.15, 0.2) is 0 Å². The summed E-state index contributed by atoms with van der Waals surface area (Å²) in [6.45, 7) is 11.5. The van der Waals surface area contributed by atoms with Gasteiger partial charge in [0.1, 0.15) is 0 Å². The van der Waals surface area contributed by atoms with Crippen molar-refractivity contribution < 1.29 is 0 Å². The van der Waals surface area contributed by atoms with Gasteiger partial charge in [-0.15, -0.1) is 0 Å². The van der Waals surface area contributed by atoms with Gasteiger partial charge in [-0.1, -0.05) is 63.4 Å². The number of hydrogen-bond donors (Lipinski definition) is 0. The highest BCUT2D eigenvalue weighted by atomic mass is 13.8. The maximum atomic E-state index is 3.86. The van der Waals surface area contributed by atoms with Crippen LogP contribution in [-0.4, -0.2) is 0 Å². The van der Waals surface area contributed by atoms with Crippen molar-refractivity contribution in [2.24, 2.45) is 0 Å². The Bertz CT molecular complexity index is 320. The first-order chi connectivity index (χ1) is 5.84. The highest BCUT2D eigenvalue weighted by molar-refractivity contribution is 5.35. The predicted octanol–water partition coefficient (Wildman–Crippen LogP) is 2.09. The van der Waals surface area contributed by atoms with Gasteiger partial charge in [-0.3, -0.25) is 0 Å². The Balaban J connectivity index is 0.000000561. The van der Waals surface area contributed by atoms with E-state index in [0.717, 1.165) is 10.4 Å². The average molecular weight is 160 g/mol. The molecule has 0 heterocycles. The molecule has 0 amide bonds. The second-order valence-electron chi connectivity index (χ2n) is 2.10. The summed E-state index contributed by atoms with van der Waals surface area (Å²) in [4.78, 5) is 0. The van der Waals surface area contributed by atoms with E-state index in [1.54, 1.807) is 6.08 Å². The monoisotopic (exact) mass is 160 g/mol. The lowest BCUT2D eigenvalue weighted by Crippen LogP contribution is -2.21. The van der Waals surface area contributed by atoms with E-state index in [-0.39, 0.29) is 0 Å². The minimum atomic E-state index is 1.04. The van der Waals surface area contributed by atoms with Crippen molar-refractivity contribution in [1.29, 1.82) is 0 Å². The van der Waals surface area contributed by atoms with Gasteiger partial charge < -0.3 is 0 Å². The Morgan fingerprint density at radius 3 is 2.25 bits per heavy atom.